The van der Waals surface area contributed by atoms with Gasteiger partial charge >= 0.3 is 12.4 Å². The molecule has 1 aliphatic heterocycles. The van der Waals surface area contributed by atoms with Crippen molar-refractivity contribution in [2.24, 2.45) is 11.8 Å². The van der Waals surface area contributed by atoms with Gasteiger partial charge in [-0.15, -0.1) is 0 Å². The maximum atomic E-state index is 13.0. The molecule has 34 heavy (non-hydrogen) atoms. The van der Waals surface area contributed by atoms with Gasteiger partial charge in [-0.05, 0) is 65.3 Å². The van der Waals surface area contributed by atoms with E-state index in [-0.39, 0.29) is 11.9 Å². The van der Waals surface area contributed by atoms with E-state index in [9.17, 15) is 4.79 Å². The van der Waals surface area contributed by atoms with E-state index in [2.05, 4.69) is 31.2 Å². The van der Waals surface area contributed by atoms with Gasteiger partial charge in [0.15, 0.2) is 0 Å². The van der Waals surface area contributed by atoms with Crippen molar-refractivity contribution < 1.29 is 19.0 Å². The number of hydrogen-bond acceptors (Lipinski definition) is 4. The third kappa shape index (κ3) is 3.67. The van der Waals surface area contributed by atoms with Gasteiger partial charge in [0.05, 0.1) is 5.92 Å². The summed E-state index contributed by atoms with van der Waals surface area (Å²) in [6.07, 6.45) is 5.06. The van der Waals surface area contributed by atoms with Gasteiger partial charge in [0.2, 0.25) is 0 Å². The fourth-order valence-corrected chi connectivity index (χ4v) is 5.49. The highest BCUT2D eigenvalue weighted by atomic mass is 16.9. The molecule has 4 heteroatoms. The third-order valence-corrected chi connectivity index (χ3v) is 7.45. The molecule has 1 aliphatic carbocycles. The summed E-state index contributed by atoms with van der Waals surface area (Å²) in [5, 5.41) is 4.39. The highest BCUT2D eigenvalue weighted by Gasteiger charge is 2.33. The molecule has 172 valence electrons. The lowest BCUT2D eigenvalue weighted by atomic mass is 9.81. The highest BCUT2D eigenvalue weighted by molar-refractivity contribution is 6.09. The van der Waals surface area contributed by atoms with Crippen molar-refractivity contribution in [3.8, 4) is 22.6 Å². The van der Waals surface area contributed by atoms with Gasteiger partial charge in [-0.25, -0.2) is 0 Å². The van der Waals surface area contributed by atoms with Gasteiger partial charge in [-0.2, -0.15) is 0 Å². The minimum absolute atomic E-state index is 0.0922. The van der Waals surface area contributed by atoms with Crippen LogP contribution in [0.15, 0.2) is 72.8 Å². The van der Waals surface area contributed by atoms with Crippen LogP contribution in [0.25, 0.3) is 32.7 Å². The number of rotatable bonds is 3. The largest absolute Gasteiger partial charge is 0.422 e. The zero-order valence-electron chi connectivity index (χ0n) is 19.3. The monoisotopic (exact) mass is 452 g/mol. The van der Waals surface area contributed by atoms with Crippen LogP contribution < -0.4 is 9.47 Å². The fraction of sp³-hybridized carbons (Fsp3) is 0.300. The Morgan fingerprint density at radius 2 is 1.29 bits per heavy atom. The second kappa shape index (κ2) is 8.68. The Balaban J connectivity index is 1.42. The first kappa shape index (κ1) is 21.0. The fourth-order valence-electron chi connectivity index (χ4n) is 5.49. The molecule has 1 fully saturated rings. The summed E-state index contributed by atoms with van der Waals surface area (Å²) in [5.41, 5.74) is 1.93. The summed E-state index contributed by atoms with van der Waals surface area (Å²) >= 11 is 0. The summed E-state index contributed by atoms with van der Waals surface area (Å²) in [6, 6.07) is 24.5. The Hall–Kier alpha value is -3.53. The van der Waals surface area contributed by atoms with Crippen molar-refractivity contribution in [1.29, 1.82) is 0 Å². The van der Waals surface area contributed by atoms with Gasteiger partial charge in [0.25, 0.3) is 0 Å². The standard InChI is InChI=1S/C30H28O4/c1-2-19-11-13-22(14-12-19)29(31)34-30-32-25-17-15-20-7-3-5-9-23(20)27(25)28-24-10-6-4-8-21(24)16-18-26(28)33-30/h3-10,15-19,22,30H,2,11-14H2,1H3. The van der Waals surface area contributed by atoms with Gasteiger partial charge in [0.1, 0.15) is 11.5 Å². The van der Waals surface area contributed by atoms with E-state index in [1.807, 2.05) is 48.5 Å². The van der Waals surface area contributed by atoms with E-state index < -0.39 is 6.48 Å². The van der Waals surface area contributed by atoms with Gasteiger partial charge in [-0.3, -0.25) is 4.79 Å². The Bertz CT molecular complexity index is 1280. The van der Waals surface area contributed by atoms with Crippen molar-refractivity contribution in [2.45, 2.75) is 45.5 Å². The molecule has 0 radical (unpaired) electrons. The number of esters is 1. The second-order valence-corrected chi connectivity index (χ2v) is 9.41. The predicted molar refractivity (Wildman–Crippen MR) is 134 cm³/mol. The molecule has 0 amide bonds. The molecule has 2 aliphatic rings. The Labute approximate surface area is 199 Å². The molecule has 0 atom stereocenters. The van der Waals surface area contributed by atoms with Crippen molar-refractivity contribution in [3.63, 3.8) is 0 Å². The molecule has 4 aromatic carbocycles. The molecule has 0 unspecified atom stereocenters. The van der Waals surface area contributed by atoms with Crippen LogP contribution >= 0.6 is 0 Å². The lowest BCUT2D eigenvalue weighted by molar-refractivity contribution is -0.210. The second-order valence-electron chi connectivity index (χ2n) is 9.41. The normalized spacial score (nSPS) is 20.0. The molecule has 0 N–H and O–H groups in total. The van der Waals surface area contributed by atoms with Gasteiger partial charge in [0, 0.05) is 11.1 Å². The molecular formula is C30H28O4. The van der Waals surface area contributed by atoms with Gasteiger partial charge in [-0.1, -0.05) is 74.0 Å². The van der Waals surface area contributed by atoms with Crippen LogP contribution in [0.3, 0.4) is 0 Å². The predicted octanol–water partition coefficient (Wildman–Crippen LogP) is 7.47. The summed E-state index contributed by atoms with van der Waals surface area (Å²) in [4.78, 5) is 13.0. The number of benzene rings is 4. The van der Waals surface area contributed by atoms with E-state index in [4.69, 9.17) is 14.2 Å². The first-order valence-electron chi connectivity index (χ1n) is 12.3. The van der Waals surface area contributed by atoms with Crippen molar-refractivity contribution in [3.05, 3.63) is 72.8 Å². The number of fused-ring (bicyclic) bond motifs is 7. The van der Waals surface area contributed by atoms with E-state index in [1.54, 1.807) is 0 Å². The number of carbonyl (C=O) groups is 1. The molecule has 0 saturated heterocycles. The van der Waals surface area contributed by atoms with E-state index >= 15 is 0 Å². The quantitative estimate of drug-likeness (QED) is 0.302. The number of carbonyl (C=O) groups excluding carboxylic acids is 1. The van der Waals surface area contributed by atoms with Gasteiger partial charge < -0.3 is 14.2 Å². The van der Waals surface area contributed by atoms with Crippen molar-refractivity contribution in [1.82, 2.24) is 0 Å². The SMILES string of the molecule is CCC1CCC(C(=O)OC2Oc3ccc4ccccc4c3-c3c(ccc4ccccc34)O2)CC1. The summed E-state index contributed by atoms with van der Waals surface area (Å²) < 4.78 is 18.3. The molecule has 4 aromatic rings. The molecular weight excluding hydrogens is 424 g/mol. The van der Waals surface area contributed by atoms with Crippen molar-refractivity contribution >= 4 is 27.5 Å². The first-order chi connectivity index (χ1) is 16.7. The molecule has 1 saturated carbocycles. The van der Waals surface area contributed by atoms with E-state index in [0.717, 1.165) is 64.3 Å². The molecule has 0 aromatic heterocycles. The van der Waals surface area contributed by atoms with Crippen LogP contribution in [-0.4, -0.2) is 12.4 Å². The first-order valence-corrected chi connectivity index (χ1v) is 12.3. The van der Waals surface area contributed by atoms with Crippen LogP contribution in [0, 0.1) is 11.8 Å². The number of hydrogen-bond donors (Lipinski definition) is 0. The van der Waals surface area contributed by atoms with Crippen LogP contribution in [-0.2, 0) is 9.53 Å². The molecule has 0 bridgehead atoms. The molecule has 1 heterocycles. The van der Waals surface area contributed by atoms with E-state index in [1.165, 1.54) is 6.42 Å². The lowest BCUT2D eigenvalue weighted by Gasteiger charge is -2.27. The average Bonchev–Trinajstić information content (AvgIpc) is 3.05. The van der Waals surface area contributed by atoms with Crippen LogP contribution in [0.5, 0.6) is 11.5 Å². The maximum absolute atomic E-state index is 13.0. The van der Waals surface area contributed by atoms with E-state index in [0.29, 0.717) is 11.5 Å². The Morgan fingerprint density at radius 1 is 0.765 bits per heavy atom. The minimum Gasteiger partial charge on any atom is -0.422 e. The highest BCUT2D eigenvalue weighted by Crippen LogP contribution is 2.47. The third-order valence-electron chi connectivity index (χ3n) is 7.45. The lowest BCUT2D eigenvalue weighted by Crippen LogP contribution is -2.33. The number of ether oxygens (including phenoxy) is 3. The maximum Gasteiger partial charge on any atom is 0.408 e. The Morgan fingerprint density at radius 3 is 1.82 bits per heavy atom. The zero-order chi connectivity index (χ0) is 23.1. The van der Waals surface area contributed by atoms with Crippen LogP contribution in [0.1, 0.15) is 39.0 Å². The molecule has 4 nitrogen and oxygen atoms in total. The zero-order valence-corrected chi connectivity index (χ0v) is 19.3. The summed E-state index contributed by atoms with van der Waals surface area (Å²) in [7, 11) is 0. The Kier molecular flexibility index (Phi) is 5.37. The summed E-state index contributed by atoms with van der Waals surface area (Å²) in [6.45, 7) is 1.09. The average molecular weight is 453 g/mol. The minimum atomic E-state index is -1.13. The summed E-state index contributed by atoms with van der Waals surface area (Å²) in [5.74, 6) is 1.70. The van der Waals surface area contributed by atoms with Crippen LogP contribution in [0.2, 0.25) is 0 Å². The topological polar surface area (TPSA) is 44.8 Å². The smallest absolute Gasteiger partial charge is 0.408 e. The van der Waals surface area contributed by atoms with Crippen molar-refractivity contribution in [2.75, 3.05) is 0 Å². The van der Waals surface area contributed by atoms with Crippen LogP contribution in [0.4, 0.5) is 0 Å². The molecule has 6 rings (SSSR count). The molecule has 0 spiro atoms.